The lowest BCUT2D eigenvalue weighted by atomic mass is 9.86. The van der Waals surface area contributed by atoms with Gasteiger partial charge in [-0.3, -0.25) is 38.9 Å². The van der Waals surface area contributed by atoms with Gasteiger partial charge >= 0.3 is 6.18 Å². The molecule has 8 rings (SSSR count). The molecule has 1 atom stereocenters. The van der Waals surface area contributed by atoms with Crippen molar-refractivity contribution in [2.75, 3.05) is 37.4 Å². The van der Waals surface area contributed by atoms with Crippen molar-refractivity contribution in [3.05, 3.63) is 83.3 Å². The Labute approximate surface area is 337 Å². The summed E-state index contributed by atoms with van der Waals surface area (Å²) in [5, 5.41) is 13.9. The molecule has 2 aromatic heterocycles. The van der Waals surface area contributed by atoms with Crippen LogP contribution in [0.2, 0.25) is 0 Å². The number of carbonyl (C=O) groups excluding carboxylic acids is 5. The fourth-order valence-corrected chi connectivity index (χ4v) is 8.61. The summed E-state index contributed by atoms with van der Waals surface area (Å²) in [5.74, 6) is -2.25. The summed E-state index contributed by atoms with van der Waals surface area (Å²) in [6.45, 7) is 2.55. The van der Waals surface area contributed by atoms with Crippen molar-refractivity contribution < 1.29 is 41.9 Å². The maximum atomic E-state index is 13.4. The van der Waals surface area contributed by atoms with Gasteiger partial charge in [-0.15, -0.1) is 0 Å². The number of carbonyl (C=O) groups is 5. The van der Waals surface area contributed by atoms with Gasteiger partial charge in [-0.2, -0.15) is 18.3 Å². The van der Waals surface area contributed by atoms with Crippen LogP contribution in [0.4, 0.5) is 24.5 Å². The third kappa shape index (κ3) is 8.71. The largest absolute Gasteiger partial charge is 0.433 e. The van der Waals surface area contributed by atoms with Gasteiger partial charge < -0.3 is 20.3 Å². The number of pyridine rings is 1. The molecule has 4 aromatic rings. The predicted molar refractivity (Wildman–Crippen MR) is 210 cm³/mol. The molecule has 1 saturated heterocycles. The number of benzene rings is 2. The molecule has 0 radical (unpaired) electrons. The minimum Gasteiger partial charge on any atom is -0.381 e. The molecule has 17 heteroatoms. The first kappa shape index (κ1) is 40.1. The summed E-state index contributed by atoms with van der Waals surface area (Å²) in [4.78, 5) is 70.1. The summed E-state index contributed by atoms with van der Waals surface area (Å²) >= 11 is 0. The van der Waals surface area contributed by atoms with Gasteiger partial charge in [0.1, 0.15) is 17.4 Å². The maximum Gasteiger partial charge on any atom is 0.433 e. The molecule has 0 bridgehead atoms. The van der Waals surface area contributed by atoms with E-state index in [2.05, 4.69) is 32.9 Å². The molecule has 14 nitrogen and oxygen atoms in total. The van der Waals surface area contributed by atoms with Crippen LogP contribution in [0.1, 0.15) is 101 Å². The Morgan fingerprint density at radius 1 is 0.983 bits per heavy atom. The van der Waals surface area contributed by atoms with E-state index in [1.54, 1.807) is 36.4 Å². The Kier molecular flexibility index (Phi) is 11.2. The van der Waals surface area contributed by atoms with Gasteiger partial charge in [0.05, 0.1) is 28.8 Å². The van der Waals surface area contributed by atoms with E-state index >= 15 is 0 Å². The highest BCUT2D eigenvalue weighted by atomic mass is 19.4. The third-order valence-corrected chi connectivity index (χ3v) is 11.8. The Morgan fingerprint density at radius 2 is 1.76 bits per heavy atom. The van der Waals surface area contributed by atoms with Crippen LogP contribution in [0, 0.1) is 5.92 Å². The predicted octanol–water partition coefficient (Wildman–Crippen LogP) is 5.82. The van der Waals surface area contributed by atoms with Crippen molar-refractivity contribution >= 4 is 51.8 Å². The van der Waals surface area contributed by atoms with Crippen LogP contribution in [0.25, 0.3) is 10.9 Å². The van der Waals surface area contributed by atoms with Crippen molar-refractivity contribution in [3.8, 4) is 0 Å². The zero-order valence-electron chi connectivity index (χ0n) is 32.5. The quantitative estimate of drug-likeness (QED) is 0.111. The van der Waals surface area contributed by atoms with Crippen LogP contribution in [-0.2, 0) is 20.5 Å². The van der Waals surface area contributed by atoms with Crippen molar-refractivity contribution in [1.82, 2.24) is 29.9 Å². The van der Waals surface area contributed by atoms with Crippen molar-refractivity contribution in [2.24, 2.45) is 5.92 Å². The molecule has 2 aromatic carbocycles. The number of nitrogens with one attached hydrogen (secondary N) is 3. The fourth-order valence-electron chi connectivity index (χ4n) is 8.61. The molecule has 4 heterocycles. The van der Waals surface area contributed by atoms with Crippen LogP contribution in [-0.4, -0.2) is 99.0 Å². The highest BCUT2D eigenvalue weighted by Gasteiger charge is 2.46. The van der Waals surface area contributed by atoms with Crippen LogP contribution in [0.15, 0.2) is 60.8 Å². The highest BCUT2D eigenvalue weighted by Crippen LogP contribution is 2.36. The number of piperidine rings is 1. The maximum absolute atomic E-state index is 13.4. The van der Waals surface area contributed by atoms with E-state index in [0.717, 1.165) is 86.0 Å². The first-order valence-corrected chi connectivity index (χ1v) is 20.1. The van der Waals surface area contributed by atoms with Gasteiger partial charge in [-0.05, 0) is 107 Å². The van der Waals surface area contributed by atoms with Crippen LogP contribution >= 0.6 is 0 Å². The number of alkyl halides is 3. The molecule has 2 aliphatic carbocycles. The van der Waals surface area contributed by atoms with Crippen molar-refractivity contribution in [1.29, 1.82) is 0 Å². The molecule has 4 aliphatic rings. The van der Waals surface area contributed by atoms with E-state index in [-0.39, 0.29) is 47.9 Å². The highest BCUT2D eigenvalue weighted by molar-refractivity contribution is 6.25. The van der Waals surface area contributed by atoms with Crippen LogP contribution in [0.3, 0.4) is 0 Å². The second-order valence-corrected chi connectivity index (χ2v) is 16.0. The van der Waals surface area contributed by atoms with Crippen molar-refractivity contribution in [3.63, 3.8) is 0 Å². The first-order valence-electron chi connectivity index (χ1n) is 20.1. The second-order valence-electron chi connectivity index (χ2n) is 16.0. The van der Waals surface area contributed by atoms with Gasteiger partial charge in [0.15, 0.2) is 0 Å². The van der Waals surface area contributed by atoms with E-state index in [1.165, 1.54) is 6.07 Å². The van der Waals surface area contributed by atoms with E-state index in [4.69, 9.17) is 9.84 Å². The van der Waals surface area contributed by atoms with E-state index < -0.39 is 47.4 Å². The fraction of sp³-hybridized carbons (Fsp3) is 0.452. The van der Waals surface area contributed by atoms with Gasteiger partial charge in [0.25, 0.3) is 17.7 Å². The number of halogens is 3. The lowest BCUT2D eigenvalue weighted by Crippen LogP contribution is -2.54. The Hall–Kier alpha value is -5.68. The molecule has 1 unspecified atom stereocenters. The summed E-state index contributed by atoms with van der Waals surface area (Å²) in [6.07, 6.45) is 4.17. The molecule has 5 amide bonds. The number of amides is 5. The molecule has 59 heavy (non-hydrogen) atoms. The number of rotatable bonds is 13. The van der Waals surface area contributed by atoms with E-state index in [0.29, 0.717) is 23.9 Å². The summed E-state index contributed by atoms with van der Waals surface area (Å²) < 4.78 is 47.3. The lowest BCUT2D eigenvalue weighted by molar-refractivity contribution is -0.141. The zero-order chi connectivity index (χ0) is 41.4. The topological polar surface area (TPSA) is 168 Å². The Morgan fingerprint density at radius 3 is 2.53 bits per heavy atom. The average Bonchev–Trinajstić information content (AvgIpc) is 3.73. The average molecular weight is 815 g/mol. The normalized spacial score (nSPS) is 23.3. The minimum absolute atomic E-state index is 0.0693. The van der Waals surface area contributed by atoms with Crippen LogP contribution < -0.4 is 16.0 Å². The van der Waals surface area contributed by atoms with E-state index in [9.17, 15) is 37.1 Å². The molecule has 0 spiro atoms. The lowest BCUT2D eigenvalue weighted by Gasteiger charge is -2.36. The molecule has 2 saturated carbocycles. The summed E-state index contributed by atoms with van der Waals surface area (Å²) in [5.41, 5.74) is 0.848. The second kappa shape index (κ2) is 16.5. The summed E-state index contributed by atoms with van der Waals surface area (Å²) in [7, 11) is 2.14. The van der Waals surface area contributed by atoms with Crippen LogP contribution in [0.5, 0.6) is 0 Å². The Balaban J connectivity index is 0.733. The molecule has 3 N–H and O–H groups in total. The number of nitrogens with zero attached hydrogens (tertiary/aromatic N) is 5. The van der Waals surface area contributed by atoms with Gasteiger partial charge in [0.2, 0.25) is 11.8 Å². The monoisotopic (exact) mass is 814 g/mol. The third-order valence-electron chi connectivity index (χ3n) is 11.8. The zero-order valence-corrected chi connectivity index (χ0v) is 32.5. The number of hydrogen-bond donors (Lipinski definition) is 3. The number of ether oxygens (including phenoxy) is 1. The van der Waals surface area contributed by atoms with Gasteiger partial charge in [0, 0.05) is 55.1 Å². The standard InChI is InChI=1S/C42H45F3N8O6/c1-51(17-4-18-59-29-20-27(21-29)46-32-6-2-5-30-37(32)41(58)53(40(30)57)34-15-16-36(54)49-39(34)56)22-24-9-12-28(13-10-24)52-23-25-19-26(11-14-31(25)50-52)47-38(55)33-7-3-8-35(48-33)42(43,44)45/h2-3,5-8,11,14,19,23-24,27-29,34,46H,4,9-10,12-13,15-18,20-22H2,1H3,(H,47,55)(H,49,54,56). The SMILES string of the molecule is CN(CCCOC1CC(Nc2cccc3c2C(=O)N(C2CCC(=O)NC2=O)C3=O)C1)CC1CCC(n2cc3cc(NC(=O)c4cccc(C(F)(F)F)n4)ccc3n2)CC1. The molecule has 2 aliphatic heterocycles. The first-order chi connectivity index (χ1) is 28.3. The van der Waals surface area contributed by atoms with E-state index in [1.807, 2.05) is 10.9 Å². The molecular formula is C42H45F3N8O6. The van der Waals surface area contributed by atoms with Gasteiger partial charge in [-0.25, -0.2) is 4.98 Å². The number of imide groups is 2. The minimum atomic E-state index is -4.64. The molecule has 3 fully saturated rings. The van der Waals surface area contributed by atoms with Crippen molar-refractivity contribution in [2.45, 2.75) is 88.2 Å². The number of fused-ring (bicyclic) bond motifs is 2. The molecule has 310 valence electrons. The smallest absolute Gasteiger partial charge is 0.381 e. The van der Waals surface area contributed by atoms with Gasteiger partial charge in [-0.1, -0.05) is 12.1 Å². The number of hydrogen-bond acceptors (Lipinski definition) is 10. The number of aromatic nitrogens is 3. The number of anilines is 2. The Bertz CT molecular complexity index is 2280. The molecular weight excluding hydrogens is 770 g/mol. The summed E-state index contributed by atoms with van der Waals surface area (Å²) in [6, 6.07) is 12.9.